The lowest BCUT2D eigenvalue weighted by Crippen LogP contribution is -2.06. The lowest BCUT2D eigenvalue weighted by molar-refractivity contribution is 0.257. The summed E-state index contributed by atoms with van der Waals surface area (Å²) in [7, 11) is 1.61. The van der Waals surface area contributed by atoms with Crippen molar-refractivity contribution in [2.45, 2.75) is 20.0 Å². The van der Waals surface area contributed by atoms with E-state index in [2.05, 4.69) is 10.2 Å². The molecule has 0 aliphatic carbocycles. The molecular weight excluding hydrogens is 246 g/mol. The van der Waals surface area contributed by atoms with Crippen molar-refractivity contribution in [1.29, 1.82) is 0 Å². The van der Waals surface area contributed by atoms with Crippen molar-refractivity contribution in [2.24, 2.45) is 5.73 Å². The van der Waals surface area contributed by atoms with Gasteiger partial charge in [-0.1, -0.05) is 6.07 Å². The van der Waals surface area contributed by atoms with E-state index in [1.807, 2.05) is 18.2 Å². The Balaban J connectivity index is 2.12. The topological polar surface area (TPSA) is 83.4 Å². The molecule has 1 heterocycles. The van der Waals surface area contributed by atoms with Gasteiger partial charge in [0.1, 0.15) is 11.5 Å². The second kappa shape index (κ2) is 6.19. The van der Waals surface area contributed by atoms with Crippen molar-refractivity contribution in [3.05, 3.63) is 35.5 Å². The lowest BCUT2D eigenvalue weighted by Gasteiger charge is -2.11. The van der Waals surface area contributed by atoms with Crippen LogP contribution < -0.4 is 15.2 Å². The fourth-order valence-corrected chi connectivity index (χ4v) is 1.69. The Labute approximate surface area is 111 Å². The van der Waals surface area contributed by atoms with Crippen LogP contribution in [0.5, 0.6) is 11.5 Å². The van der Waals surface area contributed by atoms with Crippen LogP contribution in [0.4, 0.5) is 0 Å². The van der Waals surface area contributed by atoms with E-state index < -0.39 is 0 Å². The Morgan fingerprint density at radius 3 is 2.79 bits per heavy atom. The van der Waals surface area contributed by atoms with E-state index in [4.69, 9.17) is 19.6 Å². The predicted octanol–water partition coefficient (Wildman–Crippen LogP) is 1.47. The fraction of sp³-hybridized carbons (Fsp3) is 0.385. The monoisotopic (exact) mass is 263 g/mol. The quantitative estimate of drug-likeness (QED) is 0.849. The van der Waals surface area contributed by atoms with Crippen molar-refractivity contribution in [2.75, 3.05) is 13.7 Å². The number of rotatable bonds is 6. The van der Waals surface area contributed by atoms with Crippen LogP contribution in [0.3, 0.4) is 0 Å². The molecule has 0 atom stereocenters. The number of methoxy groups -OCH3 is 1. The van der Waals surface area contributed by atoms with Crippen LogP contribution in [0.15, 0.2) is 22.6 Å². The van der Waals surface area contributed by atoms with E-state index in [1.165, 1.54) is 0 Å². The number of benzene rings is 1. The standard InChI is InChI=1S/C13H17N3O3/c1-9-15-16-13(19-9)8-18-12-7-11(17-2)4-3-10(12)5-6-14/h3-4,7H,5-6,8,14H2,1-2H3. The molecule has 102 valence electrons. The highest BCUT2D eigenvalue weighted by atomic mass is 16.5. The molecule has 0 fully saturated rings. The molecule has 0 unspecified atom stereocenters. The first-order valence-electron chi connectivity index (χ1n) is 6.01. The number of ether oxygens (including phenoxy) is 2. The van der Waals surface area contributed by atoms with Crippen LogP contribution in [0.2, 0.25) is 0 Å². The summed E-state index contributed by atoms with van der Waals surface area (Å²) < 4.78 is 16.1. The zero-order valence-corrected chi connectivity index (χ0v) is 11.0. The Hall–Kier alpha value is -2.08. The zero-order valence-electron chi connectivity index (χ0n) is 11.0. The second-order valence-corrected chi connectivity index (χ2v) is 4.02. The molecule has 0 amide bonds. The average molecular weight is 263 g/mol. The van der Waals surface area contributed by atoms with Gasteiger partial charge in [0.15, 0.2) is 6.61 Å². The molecule has 2 aromatic rings. The SMILES string of the molecule is COc1ccc(CCN)c(OCc2nnc(C)o2)c1. The number of nitrogens with zero attached hydrogens (tertiary/aromatic N) is 2. The first-order valence-corrected chi connectivity index (χ1v) is 6.01. The van der Waals surface area contributed by atoms with Crippen molar-refractivity contribution in [3.8, 4) is 11.5 Å². The zero-order chi connectivity index (χ0) is 13.7. The van der Waals surface area contributed by atoms with Crippen LogP contribution in [0, 0.1) is 6.92 Å². The summed E-state index contributed by atoms with van der Waals surface area (Å²) in [6, 6.07) is 5.66. The van der Waals surface area contributed by atoms with Crippen LogP contribution in [-0.2, 0) is 13.0 Å². The third kappa shape index (κ3) is 3.45. The van der Waals surface area contributed by atoms with E-state index in [-0.39, 0.29) is 6.61 Å². The summed E-state index contributed by atoms with van der Waals surface area (Å²) in [5.74, 6) is 2.42. The number of nitrogens with two attached hydrogens (primary N) is 1. The van der Waals surface area contributed by atoms with E-state index in [9.17, 15) is 0 Å². The van der Waals surface area contributed by atoms with Crippen molar-refractivity contribution in [1.82, 2.24) is 10.2 Å². The van der Waals surface area contributed by atoms with E-state index in [0.29, 0.717) is 18.3 Å². The molecule has 0 radical (unpaired) electrons. The molecule has 0 spiro atoms. The summed E-state index contributed by atoms with van der Waals surface area (Å²) in [6.45, 7) is 2.52. The van der Waals surface area contributed by atoms with Crippen molar-refractivity contribution in [3.63, 3.8) is 0 Å². The molecule has 0 aliphatic rings. The number of hydrogen-bond acceptors (Lipinski definition) is 6. The Kier molecular flexibility index (Phi) is 4.35. The summed E-state index contributed by atoms with van der Waals surface area (Å²) in [4.78, 5) is 0. The fourth-order valence-electron chi connectivity index (χ4n) is 1.69. The number of aryl methyl sites for hydroxylation is 1. The van der Waals surface area contributed by atoms with Gasteiger partial charge < -0.3 is 19.6 Å². The maximum atomic E-state index is 5.70. The van der Waals surface area contributed by atoms with Gasteiger partial charge in [-0.15, -0.1) is 10.2 Å². The Morgan fingerprint density at radius 2 is 2.16 bits per heavy atom. The molecule has 19 heavy (non-hydrogen) atoms. The molecule has 1 aromatic heterocycles. The molecule has 2 rings (SSSR count). The van der Waals surface area contributed by atoms with E-state index in [0.717, 1.165) is 23.5 Å². The van der Waals surface area contributed by atoms with Gasteiger partial charge in [-0.05, 0) is 24.6 Å². The highest BCUT2D eigenvalue weighted by Gasteiger charge is 2.08. The molecule has 0 aliphatic heterocycles. The Bertz CT molecular complexity index is 540. The van der Waals surface area contributed by atoms with Gasteiger partial charge in [-0.2, -0.15) is 0 Å². The summed E-state index contributed by atoms with van der Waals surface area (Å²) in [6.07, 6.45) is 0.738. The van der Waals surface area contributed by atoms with E-state index in [1.54, 1.807) is 14.0 Å². The largest absolute Gasteiger partial charge is 0.497 e. The first kappa shape index (κ1) is 13.4. The maximum Gasteiger partial charge on any atom is 0.253 e. The lowest BCUT2D eigenvalue weighted by atomic mass is 10.1. The van der Waals surface area contributed by atoms with Gasteiger partial charge >= 0.3 is 0 Å². The molecule has 6 heteroatoms. The smallest absolute Gasteiger partial charge is 0.253 e. The van der Waals surface area contributed by atoms with Crippen LogP contribution >= 0.6 is 0 Å². The van der Waals surface area contributed by atoms with Crippen molar-refractivity contribution >= 4 is 0 Å². The van der Waals surface area contributed by atoms with Crippen LogP contribution in [0.1, 0.15) is 17.3 Å². The summed E-state index contributed by atoms with van der Waals surface area (Å²) in [5, 5.41) is 7.63. The van der Waals surface area contributed by atoms with Gasteiger partial charge in [0.2, 0.25) is 5.89 Å². The van der Waals surface area contributed by atoms with Crippen LogP contribution in [-0.4, -0.2) is 23.9 Å². The van der Waals surface area contributed by atoms with Gasteiger partial charge in [-0.3, -0.25) is 0 Å². The molecule has 2 N–H and O–H groups in total. The average Bonchev–Trinajstić information content (AvgIpc) is 2.83. The third-order valence-corrected chi connectivity index (χ3v) is 2.61. The molecular formula is C13H17N3O3. The van der Waals surface area contributed by atoms with Crippen molar-refractivity contribution < 1.29 is 13.9 Å². The molecule has 0 saturated carbocycles. The second-order valence-electron chi connectivity index (χ2n) is 4.02. The van der Waals surface area contributed by atoms with E-state index >= 15 is 0 Å². The number of hydrogen-bond donors (Lipinski definition) is 1. The molecule has 6 nitrogen and oxygen atoms in total. The summed E-state index contributed by atoms with van der Waals surface area (Å²) >= 11 is 0. The van der Waals surface area contributed by atoms with Gasteiger partial charge in [-0.25, -0.2) is 0 Å². The minimum absolute atomic E-state index is 0.228. The summed E-state index contributed by atoms with van der Waals surface area (Å²) in [5.41, 5.74) is 6.61. The number of aromatic nitrogens is 2. The van der Waals surface area contributed by atoms with Gasteiger partial charge in [0.05, 0.1) is 7.11 Å². The highest BCUT2D eigenvalue weighted by molar-refractivity contribution is 5.41. The predicted molar refractivity (Wildman–Crippen MR) is 69.1 cm³/mol. The Morgan fingerprint density at radius 1 is 1.32 bits per heavy atom. The molecule has 0 saturated heterocycles. The molecule has 1 aromatic carbocycles. The highest BCUT2D eigenvalue weighted by Crippen LogP contribution is 2.25. The van der Waals surface area contributed by atoms with Gasteiger partial charge in [0.25, 0.3) is 5.89 Å². The van der Waals surface area contributed by atoms with Crippen LogP contribution in [0.25, 0.3) is 0 Å². The first-order chi connectivity index (χ1) is 9.22. The maximum absolute atomic E-state index is 5.70. The van der Waals surface area contributed by atoms with Gasteiger partial charge in [0, 0.05) is 13.0 Å². The minimum Gasteiger partial charge on any atom is -0.497 e. The minimum atomic E-state index is 0.228. The normalized spacial score (nSPS) is 10.5. The third-order valence-electron chi connectivity index (χ3n) is 2.61. The molecule has 0 bridgehead atoms.